The van der Waals surface area contributed by atoms with E-state index in [0.29, 0.717) is 44.2 Å². The van der Waals surface area contributed by atoms with Crippen LogP contribution in [-0.4, -0.2) is 34.9 Å². The maximum absolute atomic E-state index is 14.1. The molecule has 1 aliphatic rings. The van der Waals surface area contributed by atoms with Crippen molar-refractivity contribution in [3.63, 3.8) is 0 Å². The monoisotopic (exact) mass is 571 g/mol. The number of hydrogen-bond acceptors (Lipinski definition) is 7. The van der Waals surface area contributed by atoms with E-state index in [-0.39, 0.29) is 18.3 Å². The van der Waals surface area contributed by atoms with E-state index in [1.54, 1.807) is 37.7 Å². The van der Waals surface area contributed by atoms with E-state index in [1.165, 1.54) is 11.3 Å². The second kappa shape index (κ2) is 11.6. The fourth-order valence-electron chi connectivity index (χ4n) is 5.13. The van der Waals surface area contributed by atoms with Gasteiger partial charge in [0.2, 0.25) is 0 Å². The van der Waals surface area contributed by atoms with Gasteiger partial charge >= 0.3 is 5.97 Å². The molecule has 3 heterocycles. The number of para-hydroxylation sites is 1. The Morgan fingerprint density at radius 2 is 1.98 bits per heavy atom. The lowest BCUT2D eigenvalue weighted by Crippen LogP contribution is -2.40. The van der Waals surface area contributed by atoms with Gasteiger partial charge in [0.1, 0.15) is 0 Å². The van der Waals surface area contributed by atoms with E-state index in [1.807, 2.05) is 62.5 Å². The minimum atomic E-state index is -0.753. The molecule has 0 saturated carbocycles. The quantitative estimate of drug-likeness (QED) is 0.214. The van der Waals surface area contributed by atoms with Gasteiger partial charge in [-0.1, -0.05) is 41.7 Å². The highest BCUT2D eigenvalue weighted by atomic mass is 32.1. The molecule has 0 saturated heterocycles. The van der Waals surface area contributed by atoms with Crippen molar-refractivity contribution in [1.82, 2.24) is 9.13 Å². The highest BCUT2D eigenvalue weighted by Crippen LogP contribution is 2.36. The third kappa shape index (κ3) is 5.25. The standard InChI is InChI=1S/C32H33N3O5S/c1-7-15-34-18-22(23-11-9-10-12-24(23)34)17-27-30(36)35-29(21-13-14-25(40-19(3)4)26(16-21)38-6)28(31(37)39-8-2)20(5)33-32(35)41-27/h7,9-14,16-19,29H,1,8,15H2,2-6H3/b27-17+/t29-/m0/s1. The molecule has 1 aliphatic heterocycles. The van der Waals surface area contributed by atoms with E-state index in [2.05, 4.69) is 11.1 Å². The predicted octanol–water partition coefficient (Wildman–Crippen LogP) is 4.73. The molecule has 0 amide bonds. The van der Waals surface area contributed by atoms with E-state index in [4.69, 9.17) is 19.2 Å². The fourth-order valence-corrected chi connectivity index (χ4v) is 6.17. The lowest BCUT2D eigenvalue weighted by atomic mass is 9.95. The Labute approximate surface area is 242 Å². The number of aromatic nitrogens is 2. The minimum absolute atomic E-state index is 0.0536. The number of thiazole rings is 1. The van der Waals surface area contributed by atoms with Crippen molar-refractivity contribution in [2.45, 2.75) is 46.4 Å². The Hall–Kier alpha value is -4.37. The van der Waals surface area contributed by atoms with Crippen LogP contribution in [0.2, 0.25) is 0 Å². The summed E-state index contributed by atoms with van der Waals surface area (Å²) in [4.78, 5) is 32.6. The third-order valence-electron chi connectivity index (χ3n) is 6.81. The largest absolute Gasteiger partial charge is 0.493 e. The van der Waals surface area contributed by atoms with Crippen molar-refractivity contribution in [2.24, 2.45) is 4.99 Å². The van der Waals surface area contributed by atoms with Crippen LogP contribution in [0.3, 0.4) is 0 Å². The first kappa shape index (κ1) is 28.2. The predicted molar refractivity (Wildman–Crippen MR) is 161 cm³/mol. The third-order valence-corrected chi connectivity index (χ3v) is 7.80. The number of methoxy groups -OCH3 is 1. The fraction of sp³-hybridized carbons (Fsp3) is 0.281. The summed E-state index contributed by atoms with van der Waals surface area (Å²) in [5, 5.41) is 1.03. The van der Waals surface area contributed by atoms with Crippen LogP contribution in [0.1, 0.15) is 44.9 Å². The van der Waals surface area contributed by atoms with E-state index in [0.717, 1.165) is 16.5 Å². The number of nitrogens with zero attached hydrogens (tertiary/aromatic N) is 3. The van der Waals surface area contributed by atoms with Crippen molar-refractivity contribution in [3.05, 3.63) is 103 Å². The zero-order valence-corrected chi connectivity index (χ0v) is 24.7. The molecule has 0 bridgehead atoms. The average Bonchev–Trinajstić information content (AvgIpc) is 3.44. The number of allylic oxidation sites excluding steroid dienone is 2. The molecule has 212 valence electrons. The maximum Gasteiger partial charge on any atom is 0.338 e. The van der Waals surface area contributed by atoms with E-state index < -0.39 is 12.0 Å². The smallest absolute Gasteiger partial charge is 0.338 e. The molecular weight excluding hydrogens is 538 g/mol. The zero-order chi connectivity index (χ0) is 29.3. The molecule has 41 heavy (non-hydrogen) atoms. The molecule has 1 atom stereocenters. The van der Waals surface area contributed by atoms with Crippen LogP contribution in [0.15, 0.2) is 82.4 Å². The first-order valence-corrected chi connectivity index (χ1v) is 14.3. The lowest BCUT2D eigenvalue weighted by Gasteiger charge is -2.25. The van der Waals surface area contributed by atoms with Crippen molar-refractivity contribution in [1.29, 1.82) is 0 Å². The van der Waals surface area contributed by atoms with Crippen LogP contribution in [0, 0.1) is 0 Å². The Morgan fingerprint density at radius 3 is 2.68 bits per heavy atom. The minimum Gasteiger partial charge on any atom is -0.493 e. The van der Waals surface area contributed by atoms with Gasteiger partial charge < -0.3 is 18.8 Å². The van der Waals surface area contributed by atoms with Crippen molar-refractivity contribution in [3.8, 4) is 11.5 Å². The van der Waals surface area contributed by atoms with Gasteiger partial charge in [-0.15, -0.1) is 6.58 Å². The Kier molecular flexibility index (Phi) is 7.99. The Bertz CT molecular complexity index is 1860. The molecule has 2 aromatic heterocycles. The topological polar surface area (TPSA) is 84.0 Å². The molecule has 0 N–H and O–H groups in total. The number of carbonyl (C=O) groups is 1. The number of ether oxygens (including phenoxy) is 3. The van der Waals surface area contributed by atoms with Gasteiger partial charge in [0, 0.05) is 29.2 Å². The summed E-state index contributed by atoms with van der Waals surface area (Å²) < 4.78 is 21.2. The molecule has 4 aromatic rings. The summed E-state index contributed by atoms with van der Waals surface area (Å²) in [6.07, 6.45) is 5.71. The van der Waals surface area contributed by atoms with Gasteiger partial charge in [-0.25, -0.2) is 9.79 Å². The number of benzene rings is 2. The molecule has 5 rings (SSSR count). The molecule has 2 aromatic carbocycles. The SMILES string of the molecule is C=CCn1cc(/C=c2/sc3n(c2=O)[C@@H](c2ccc(OC(C)C)c(OC)c2)C(C(=O)OCC)=C(C)N=3)c2ccccc21. The summed E-state index contributed by atoms with van der Waals surface area (Å²) >= 11 is 1.30. The van der Waals surface area contributed by atoms with E-state index >= 15 is 0 Å². The molecular formula is C32H33N3O5S. The van der Waals surface area contributed by atoms with Crippen LogP contribution in [-0.2, 0) is 16.1 Å². The summed E-state index contributed by atoms with van der Waals surface area (Å²) in [5.74, 6) is 0.571. The highest BCUT2D eigenvalue weighted by Gasteiger charge is 2.34. The highest BCUT2D eigenvalue weighted by molar-refractivity contribution is 7.07. The molecule has 0 radical (unpaired) electrons. The van der Waals surface area contributed by atoms with Crippen molar-refractivity contribution < 1.29 is 19.0 Å². The second-order valence-electron chi connectivity index (χ2n) is 9.92. The number of rotatable bonds is 9. The summed E-state index contributed by atoms with van der Waals surface area (Å²) in [6, 6.07) is 12.8. The zero-order valence-electron chi connectivity index (χ0n) is 23.8. The van der Waals surface area contributed by atoms with Gasteiger partial charge in [0.25, 0.3) is 5.56 Å². The van der Waals surface area contributed by atoms with Gasteiger partial charge in [0.05, 0.1) is 41.7 Å². The van der Waals surface area contributed by atoms with Crippen molar-refractivity contribution in [2.75, 3.05) is 13.7 Å². The van der Waals surface area contributed by atoms with Crippen LogP contribution < -0.4 is 24.4 Å². The molecule has 9 heteroatoms. The number of carbonyl (C=O) groups excluding carboxylic acids is 1. The van der Waals surface area contributed by atoms with Crippen molar-refractivity contribution >= 4 is 34.3 Å². The maximum atomic E-state index is 14.1. The summed E-state index contributed by atoms with van der Waals surface area (Å²) in [7, 11) is 1.56. The number of esters is 1. The normalized spacial score (nSPS) is 15.2. The Balaban J connectivity index is 1.73. The molecule has 0 unspecified atom stereocenters. The average molecular weight is 572 g/mol. The van der Waals surface area contributed by atoms with Gasteiger partial charge in [-0.3, -0.25) is 9.36 Å². The summed E-state index contributed by atoms with van der Waals surface area (Å²) in [6.45, 7) is 12.1. The number of fused-ring (bicyclic) bond motifs is 2. The lowest BCUT2D eigenvalue weighted by molar-refractivity contribution is -0.139. The molecule has 0 fully saturated rings. The van der Waals surface area contributed by atoms with Gasteiger partial charge in [-0.05, 0) is 57.5 Å². The second-order valence-corrected chi connectivity index (χ2v) is 10.9. The molecule has 0 aliphatic carbocycles. The van der Waals surface area contributed by atoms with Crippen LogP contribution in [0.4, 0.5) is 0 Å². The van der Waals surface area contributed by atoms with Crippen LogP contribution in [0.5, 0.6) is 11.5 Å². The number of hydrogen-bond donors (Lipinski definition) is 0. The van der Waals surface area contributed by atoms with Crippen LogP contribution >= 0.6 is 11.3 Å². The molecule has 0 spiro atoms. The van der Waals surface area contributed by atoms with Gasteiger partial charge in [0.15, 0.2) is 16.3 Å². The van der Waals surface area contributed by atoms with Gasteiger partial charge in [-0.2, -0.15) is 0 Å². The molecule has 8 nitrogen and oxygen atoms in total. The first-order chi connectivity index (χ1) is 19.8. The Morgan fingerprint density at radius 1 is 1.20 bits per heavy atom. The van der Waals surface area contributed by atoms with E-state index in [9.17, 15) is 9.59 Å². The first-order valence-electron chi connectivity index (χ1n) is 13.5. The summed E-state index contributed by atoms with van der Waals surface area (Å²) in [5.41, 5.74) is 3.24. The van der Waals surface area contributed by atoms with Crippen LogP contribution in [0.25, 0.3) is 17.0 Å².